The number of carbonyl (C=O) groups excluding carboxylic acids is 3. The molecule has 236 valence electrons. The molecule has 2 saturated carbocycles. The van der Waals surface area contributed by atoms with Crippen LogP contribution in [0.25, 0.3) is 11.1 Å². The molecule has 42 heavy (non-hydrogen) atoms. The Morgan fingerprint density at radius 1 is 1.10 bits per heavy atom. The second-order valence-electron chi connectivity index (χ2n) is 10.9. The Kier molecular flexibility index (Phi) is 17.4. The van der Waals surface area contributed by atoms with Crippen LogP contribution >= 0.6 is 0 Å². The topological polar surface area (TPSA) is 83.5 Å². The number of aldehydes is 1. The summed E-state index contributed by atoms with van der Waals surface area (Å²) in [5.41, 5.74) is -0.238. The first kappa shape index (κ1) is 39.2. The summed E-state index contributed by atoms with van der Waals surface area (Å²) in [4.78, 5) is 27.7. The normalized spacial score (nSPS) is 17.7. The lowest BCUT2D eigenvalue weighted by Crippen LogP contribution is -2.41. The van der Waals surface area contributed by atoms with Gasteiger partial charge in [-0.25, -0.2) is 13.2 Å². The standard InChI is InChI=1S/C22H28FN.C5H9FO2.C4H5FO.C2H6.CH2O/c1-4-22(13-14-22)21(24-3)16(2)15-18-11-8-12-19(20(18)23)17-9-6-5-7-10-17;1-4(7)5(2,8)3-6;5-4(3-6)1-2-4;2*1-2/h5-12,16,21,24H,4,13-15H2,1-3H3;8H,3H2,1-2H3;3H,1-2H2;1-2H3;1H2/t16-,21?;5-;;;/m00.../s1. The fourth-order valence-electron chi connectivity index (χ4n) is 4.61. The van der Waals surface area contributed by atoms with Gasteiger partial charge in [0.15, 0.2) is 17.7 Å². The molecule has 5 nitrogen and oxygen atoms in total. The van der Waals surface area contributed by atoms with Crippen molar-refractivity contribution in [1.29, 1.82) is 0 Å². The van der Waals surface area contributed by atoms with E-state index in [4.69, 9.17) is 9.90 Å². The SMILES string of the molecule is C=O.CC.CC(=O)[C@@](C)(O)CF.CCC1(C(NC)[C@@H](C)Cc2cccc(-c3ccccc3)c2F)CC1.O=CC1(F)CC1. The maximum Gasteiger partial charge on any atom is 0.166 e. The zero-order chi connectivity index (χ0) is 32.6. The average molecular weight is 594 g/mol. The summed E-state index contributed by atoms with van der Waals surface area (Å²) < 4.78 is 38.5. The number of nitrogens with one attached hydrogen (secondary N) is 1. The molecule has 8 heteroatoms. The van der Waals surface area contributed by atoms with E-state index in [9.17, 15) is 18.4 Å². The number of hydrogen-bond acceptors (Lipinski definition) is 5. The van der Waals surface area contributed by atoms with Crippen LogP contribution < -0.4 is 5.32 Å². The fourth-order valence-corrected chi connectivity index (χ4v) is 4.61. The Morgan fingerprint density at radius 3 is 1.98 bits per heavy atom. The summed E-state index contributed by atoms with van der Waals surface area (Å²) in [7, 11) is 2.05. The molecule has 2 aliphatic rings. The van der Waals surface area contributed by atoms with Gasteiger partial charge in [0.1, 0.15) is 24.9 Å². The van der Waals surface area contributed by atoms with Crippen molar-refractivity contribution in [2.45, 2.75) is 97.4 Å². The predicted molar refractivity (Wildman–Crippen MR) is 164 cm³/mol. The Bertz CT molecular complexity index is 1070. The summed E-state index contributed by atoms with van der Waals surface area (Å²) in [5.74, 6) is -0.190. The largest absolute Gasteiger partial charge is 0.380 e. The molecule has 0 spiro atoms. The first-order valence-electron chi connectivity index (χ1n) is 14.6. The Morgan fingerprint density at radius 2 is 1.64 bits per heavy atom. The summed E-state index contributed by atoms with van der Waals surface area (Å²) in [6.07, 6.45) is 5.84. The molecule has 2 aromatic carbocycles. The number of aliphatic hydroxyl groups is 1. The molecule has 0 radical (unpaired) electrons. The van der Waals surface area contributed by atoms with Gasteiger partial charge in [-0.2, -0.15) is 0 Å². The van der Waals surface area contributed by atoms with Crippen molar-refractivity contribution in [1.82, 2.24) is 5.32 Å². The lowest BCUT2D eigenvalue weighted by atomic mass is 9.81. The van der Waals surface area contributed by atoms with Crippen LogP contribution in [-0.2, 0) is 20.8 Å². The van der Waals surface area contributed by atoms with Crippen molar-refractivity contribution >= 4 is 18.9 Å². The number of carbonyl (C=O) groups is 3. The minimum absolute atomic E-state index is 0.0632. The number of benzene rings is 2. The van der Waals surface area contributed by atoms with E-state index >= 15 is 4.39 Å². The molecule has 3 atom stereocenters. The van der Waals surface area contributed by atoms with E-state index in [0.29, 0.717) is 42.1 Å². The number of rotatable bonds is 10. The number of Topliss-reactive ketones (excluding diaryl/α,β-unsaturated/α-hetero) is 1. The second-order valence-corrected chi connectivity index (χ2v) is 10.9. The van der Waals surface area contributed by atoms with Crippen molar-refractivity contribution in [3.05, 3.63) is 59.9 Å². The van der Waals surface area contributed by atoms with Gasteiger partial charge in [-0.3, -0.25) is 9.59 Å². The predicted octanol–water partition coefficient (Wildman–Crippen LogP) is 7.27. The van der Waals surface area contributed by atoms with Crippen LogP contribution in [0.1, 0.15) is 79.2 Å². The Hall–Kier alpha value is -2.84. The highest BCUT2D eigenvalue weighted by atomic mass is 19.1. The minimum atomic E-state index is -1.76. The molecule has 0 saturated heterocycles. The number of hydrogen-bond donors (Lipinski definition) is 2. The van der Waals surface area contributed by atoms with Crippen LogP contribution in [-0.4, -0.2) is 55.0 Å². The van der Waals surface area contributed by atoms with Gasteiger partial charge in [0.25, 0.3) is 0 Å². The fraction of sp³-hybridized carbons (Fsp3) is 0.559. The molecule has 0 amide bonds. The molecule has 1 unspecified atom stereocenters. The van der Waals surface area contributed by atoms with Crippen LogP contribution in [0.15, 0.2) is 48.5 Å². The van der Waals surface area contributed by atoms with E-state index in [-0.39, 0.29) is 5.82 Å². The van der Waals surface area contributed by atoms with Gasteiger partial charge in [-0.1, -0.05) is 76.2 Å². The third-order valence-corrected chi connectivity index (χ3v) is 7.80. The summed E-state index contributed by atoms with van der Waals surface area (Å²) in [6.45, 7) is 11.8. The lowest BCUT2D eigenvalue weighted by molar-refractivity contribution is -0.134. The lowest BCUT2D eigenvalue weighted by Gasteiger charge is -2.31. The first-order chi connectivity index (χ1) is 19.9. The third kappa shape index (κ3) is 11.8. The van der Waals surface area contributed by atoms with Gasteiger partial charge in [-0.05, 0) is 81.9 Å². The average Bonchev–Trinajstić information content (AvgIpc) is 3.95. The maximum atomic E-state index is 15.1. The molecule has 0 heterocycles. The highest BCUT2D eigenvalue weighted by molar-refractivity contribution is 5.84. The van der Waals surface area contributed by atoms with Gasteiger partial charge < -0.3 is 15.2 Å². The van der Waals surface area contributed by atoms with Crippen LogP contribution in [0.5, 0.6) is 0 Å². The summed E-state index contributed by atoms with van der Waals surface area (Å²) in [5, 5.41) is 12.2. The molecule has 2 fully saturated rings. The monoisotopic (exact) mass is 593 g/mol. The van der Waals surface area contributed by atoms with E-state index in [1.165, 1.54) is 19.3 Å². The highest BCUT2D eigenvalue weighted by Crippen LogP contribution is 2.53. The van der Waals surface area contributed by atoms with Crippen molar-refractivity contribution in [3.8, 4) is 11.1 Å². The van der Waals surface area contributed by atoms with Crippen molar-refractivity contribution < 1.29 is 32.7 Å². The molecular weight excluding hydrogens is 543 g/mol. The zero-order valence-electron chi connectivity index (χ0n) is 26.3. The summed E-state index contributed by atoms with van der Waals surface area (Å²) in [6, 6.07) is 16.1. The van der Waals surface area contributed by atoms with Crippen LogP contribution in [0, 0.1) is 17.2 Å². The van der Waals surface area contributed by atoms with Gasteiger partial charge in [0.2, 0.25) is 0 Å². The van der Waals surface area contributed by atoms with Crippen molar-refractivity contribution in [2.75, 3.05) is 13.7 Å². The number of halogens is 3. The third-order valence-electron chi connectivity index (χ3n) is 7.80. The Labute approximate surface area is 250 Å². The van der Waals surface area contributed by atoms with Crippen molar-refractivity contribution in [3.63, 3.8) is 0 Å². The molecule has 2 N–H and O–H groups in total. The molecule has 2 aromatic rings. The van der Waals surface area contributed by atoms with Crippen LogP contribution in [0.3, 0.4) is 0 Å². The van der Waals surface area contributed by atoms with E-state index in [0.717, 1.165) is 31.4 Å². The van der Waals surface area contributed by atoms with Gasteiger partial charge in [0.05, 0.1) is 0 Å². The first-order valence-corrected chi connectivity index (χ1v) is 14.6. The second kappa shape index (κ2) is 18.6. The zero-order valence-corrected chi connectivity index (χ0v) is 26.3. The van der Waals surface area contributed by atoms with Gasteiger partial charge in [-0.15, -0.1) is 0 Å². The Balaban J connectivity index is 0.000000765. The van der Waals surface area contributed by atoms with E-state index in [1.807, 2.05) is 76.2 Å². The molecule has 0 aliphatic heterocycles. The highest BCUT2D eigenvalue weighted by Gasteiger charge is 2.48. The van der Waals surface area contributed by atoms with E-state index in [2.05, 4.69) is 19.2 Å². The molecular formula is C34H50F3NO4. The number of alkyl halides is 2. The van der Waals surface area contributed by atoms with Crippen LogP contribution in [0.2, 0.25) is 0 Å². The minimum Gasteiger partial charge on any atom is -0.380 e. The number of ketones is 1. The van der Waals surface area contributed by atoms with Gasteiger partial charge >= 0.3 is 0 Å². The van der Waals surface area contributed by atoms with E-state index < -0.39 is 23.7 Å². The molecule has 4 rings (SSSR count). The molecule has 2 aliphatic carbocycles. The smallest absolute Gasteiger partial charge is 0.166 e. The molecule has 0 aromatic heterocycles. The quantitative estimate of drug-likeness (QED) is 0.283. The molecule has 0 bridgehead atoms. The van der Waals surface area contributed by atoms with Crippen LogP contribution in [0.4, 0.5) is 13.2 Å². The van der Waals surface area contributed by atoms with Crippen molar-refractivity contribution in [2.24, 2.45) is 11.3 Å². The summed E-state index contributed by atoms with van der Waals surface area (Å²) >= 11 is 0. The van der Waals surface area contributed by atoms with Gasteiger partial charge in [0, 0.05) is 11.6 Å². The van der Waals surface area contributed by atoms with E-state index in [1.54, 1.807) is 0 Å². The maximum absolute atomic E-state index is 15.1.